The van der Waals surface area contributed by atoms with Crippen molar-refractivity contribution in [3.8, 4) is 0 Å². The second kappa shape index (κ2) is 7.98. The molecule has 0 fully saturated rings. The fraction of sp³-hybridized carbons (Fsp3) is 0.267. The first kappa shape index (κ1) is 19.4. The molecule has 1 amide bonds. The summed E-state index contributed by atoms with van der Waals surface area (Å²) in [4.78, 5) is 11.8. The van der Waals surface area contributed by atoms with Gasteiger partial charge >= 0.3 is 0 Å². The van der Waals surface area contributed by atoms with Crippen molar-refractivity contribution >= 4 is 33.0 Å². The van der Waals surface area contributed by atoms with Crippen molar-refractivity contribution in [2.24, 2.45) is 0 Å². The molecule has 0 aliphatic carbocycles. The molecular formula is C15H15F3N2O3S2. The minimum Gasteiger partial charge on any atom is -0.324 e. The van der Waals surface area contributed by atoms with Crippen molar-refractivity contribution in [2.45, 2.75) is 17.1 Å². The molecule has 0 aliphatic heterocycles. The van der Waals surface area contributed by atoms with E-state index in [2.05, 4.69) is 5.32 Å². The Balaban J connectivity index is 1.88. The minimum atomic E-state index is -3.60. The van der Waals surface area contributed by atoms with Crippen LogP contribution in [-0.2, 0) is 14.8 Å². The molecule has 1 aromatic heterocycles. The Hall–Kier alpha value is -1.91. The summed E-state index contributed by atoms with van der Waals surface area (Å²) in [6.45, 7) is 0.0773. The summed E-state index contributed by atoms with van der Waals surface area (Å²) >= 11 is 1.09. The predicted octanol–water partition coefficient (Wildman–Crippen LogP) is 3.20. The zero-order valence-corrected chi connectivity index (χ0v) is 14.8. The highest BCUT2D eigenvalue weighted by molar-refractivity contribution is 7.91. The van der Waals surface area contributed by atoms with E-state index in [1.165, 1.54) is 13.1 Å². The maximum Gasteiger partial charge on any atom is 0.252 e. The molecule has 0 atom stereocenters. The Morgan fingerprint density at radius 2 is 1.92 bits per heavy atom. The van der Waals surface area contributed by atoms with E-state index in [9.17, 15) is 26.4 Å². The fourth-order valence-electron chi connectivity index (χ4n) is 1.98. The van der Waals surface area contributed by atoms with Crippen molar-refractivity contribution in [3.05, 3.63) is 47.1 Å². The lowest BCUT2D eigenvalue weighted by Gasteiger charge is -2.15. The number of anilines is 1. The molecule has 0 saturated heterocycles. The lowest BCUT2D eigenvalue weighted by Crippen LogP contribution is -2.28. The second-order valence-corrected chi connectivity index (χ2v) is 8.35. The molecule has 0 unspecified atom stereocenters. The smallest absolute Gasteiger partial charge is 0.252 e. The van der Waals surface area contributed by atoms with E-state index in [-0.39, 0.29) is 23.6 Å². The highest BCUT2D eigenvalue weighted by Crippen LogP contribution is 2.21. The SMILES string of the molecule is CN(CCCC(=O)Nc1ccc(F)c(F)c1F)S(=O)(=O)c1cccs1. The number of sulfonamides is 1. The number of nitrogens with zero attached hydrogens (tertiary/aromatic N) is 1. The first-order valence-electron chi connectivity index (χ1n) is 7.16. The fourth-order valence-corrected chi connectivity index (χ4v) is 4.39. The van der Waals surface area contributed by atoms with Gasteiger partial charge in [-0.1, -0.05) is 6.07 Å². The van der Waals surface area contributed by atoms with Crippen molar-refractivity contribution in [3.63, 3.8) is 0 Å². The van der Waals surface area contributed by atoms with Crippen LogP contribution in [0.1, 0.15) is 12.8 Å². The molecular weight excluding hydrogens is 377 g/mol. The van der Waals surface area contributed by atoms with Gasteiger partial charge in [-0.3, -0.25) is 4.79 Å². The van der Waals surface area contributed by atoms with Crippen LogP contribution in [0.5, 0.6) is 0 Å². The molecule has 1 aromatic carbocycles. The van der Waals surface area contributed by atoms with Gasteiger partial charge in [0.2, 0.25) is 5.91 Å². The number of benzene rings is 1. The highest BCUT2D eigenvalue weighted by atomic mass is 32.2. The summed E-state index contributed by atoms with van der Waals surface area (Å²) in [5.41, 5.74) is -0.469. The molecule has 25 heavy (non-hydrogen) atoms. The third-order valence-corrected chi connectivity index (χ3v) is 6.58. The topological polar surface area (TPSA) is 66.5 Å². The third-order valence-electron chi connectivity index (χ3n) is 3.35. The molecule has 2 rings (SSSR count). The number of hydrogen-bond donors (Lipinski definition) is 1. The van der Waals surface area contributed by atoms with Crippen LogP contribution in [0.4, 0.5) is 18.9 Å². The number of halogens is 3. The van der Waals surface area contributed by atoms with Crippen LogP contribution < -0.4 is 5.32 Å². The summed E-state index contributed by atoms with van der Waals surface area (Å²) in [7, 11) is -2.21. The molecule has 0 saturated carbocycles. The monoisotopic (exact) mass is 392 g/mol. The van der Waals surface area contributed by atoms with Crippen molar-refractivity contribution in [2.75, 3.05) is 18.9 Å². The molecule has 1 heterocycles. The lowest BCUT2D eigenvalue weighted by molar-refractivity contribution is -0.116. The minimum absolute atomic E-state index is 0.0773. The standard InChI is InChI=1S/C15H15F3N2O3S2/c1-20(25(22,23)13-5-3-9-24-13)8-2-4-12(21)19-11-7-6-10(16)14(17)15(11)18/h3,5-7,9H,2,4,8H2,1H3,(H,19,21). The molecule has 2 aromatic rings. The largest absolute Gasteiger partial charge is 0.324 e. The van der Waals surface area contributed by atoms with Gasteiger partial charge in [0.25, 0.3) is 10.0 Å². The molecule has 0 bridgehead atoms. The van der Waals surface area contributed by atoms with E-state index < -0.39 is 39.1 Å². The first-order chi connectivity index (χ1) is 11.7. The summed E-state index contributed by atoms with van der Waals surface area (Å²) in [6.07, 6.45) is 0.0704. The van der Waals surface area contributed by atoms with Crippen LogP contribution in [0, 0.1) is 17.5 Å². The number of amides is 1. The first-order valence-corrected chi connectivity index (χ1v) is 9.48. The zero-order chi connectivity index (χ0) is 18.6. The quantitative estimate of drug-likeness (QED) is 0.736. The summed E-state index contributed by atoms with van der Waals surface area (Å²) < 4.78 is 65.1. The Morgan fingerprint density at radius 3 is 2.56 bits per heavy atom. The van der Waals surface area contributed by atoms with Gasteiger partial charge in [0, 0.05) is 20.0 Å². The predicted molar refractivity (Wildman–Crippen MR) is 88.3 cm³/mol. The number of rotatable bonds is 7. The van der Waals surface area contributed by atoms with Gasteiger partial charge in [0.05, 0.1) is 5.69 Å². The zero-order valence-electron chi connectivity index (χ0n) is 13.1. The molecule has 1 N–H and O–H groups in total. The number of carbonyl (C=O) groups is 1. The molecule has 0 aliphatic rings. The molecule has 136 valence electrons. The Morgan fingerprint density at radius 1 is 1.20 bits per heavy atom. The van der Waals surface area contributed by atoms with Gasteiger partial charge < -0.3 is 5.32 Å². The van der Waals surface area contributed by atoms with Crippen molar-refractivity contribution in [1.82, 2.24) is 4.31 Å². The van der Waals surface area contributed by atoms with E-state index in [1.54, 1.807) is 11.4 Å². The van der Waals surface area contributed by atoms with Crippen LogP contribution >= 0.6 is 11.3 Å². The van der Waals surface area contributed by atoms with Gasteiger partial charge in [-0.25, -0.2) is 25.9 Å². The lowest BCUT2D eigenvalue weighted by atomic mass is 10.2. The number of carbonyl (C=O) groups excluding carboxylic acids is 1. The van der Waals surface area contributed by atoms with Crippen LogP contribution in [0.15, 0.2) is 33.9 Å². The summed E-state index contributed by atoms with van der Waals surface area (Å²) in [5.74, 6) is -5.13. The average molecular weight is 392 g/mol. The second-order valence-electron chi connectivity index (χ2n) is 5.13. The molecule has 5 nitrogen and oxygen atoms in total. The number of nitrogens with one attached hydrogen (secondary N) is 1. The van der Waals surface area contributed by atoms with Gasteiger partial charge in [0.15, 0.2) is 17.5 Å². The van der Waals surface area contributed by atoms with E-state index >= 15 is 0 Å². The average Bonchev–Trinajstić information content (AvgIpc) is 3.10. The van der Waals surface area contributed by atoms with Gasteiger partial charge in [0.1, 0.15) is 4.21 Å². The highest BCUT2D eigenvalue weighted by Gasteiger charge is 2.21. The van der Waals surface area contributed by atoms with Gasteiger partial charge in [-0.15, -0.1) is 11.3 Å². The number of thiophene rings is 1. The molecule has 10 heteroatoms. The molecule has 0 spiro atoms. The summed E-state index contributed by atoms with van der Waals surface area (Å²) in [6, 6.07) is 4.72. The maximum atomic E-state index is 13.5. The van der Waals surface area contributed by atoms with E-state index in [1.807, 2.05) is 0 Å². The Bertz CT molecular complexity index is 855. The van der Waals surface area contributed by atoms with Crippen LogP contribution in [0.3, 0.4) is 0 Å². The van der Waals surface area contributed by atoms with Crippen LogP contribution in [0.2, 0.25) is 0 Å². The van der Waals surface area contributed by atoms with Crippen LogP contribution in [0.25, 0.3) is 0 Å². The third kappa shape index (κ3) is 4.59. The normalized spacial score (nSPS) is 11.7. The van der Waals surface area contributed by atoms with E-state index in [4.69, 9.17) is 0 Å². The van der Waals surface area contributed by atoms with E-state index in [0.29, 0.717) is 6.07 Å². The Kier molecular flexibility index (Phi) is 6.20. The van der Waals surface area contributed by atoms with Gasteiger partial charge in [-0.05, 0) is 30.0 Å². The van der Waals surface area contributed by atoms with Crippen molar-refractivity contribution < 1.29 is 26.4 Å². The summed E-state index contributed by atoms with van der Waals surface area (Å²) in [5, 5.41) is 3.78. The van der Waals surface area contributed by atoms with E-state index in [0.717, 1.165) is 21.7 Å². The van der Waals surface area contributed by atoms with Crippen molar-refractivity contribution in [1.29, 1.82) is 0 Å². The van der Waals surface area contributed by atoms with Crippen LogP contribution in [-0.4, -0.2) is 32.2 Å². The van der Waals surface area contributed by atoms with Gasteiger partial charge in [-0.2, -0.15) is 0 Å². The Labute approximate surface area is 147 Å². The number of hydrogen-bond acceptors (Lipinski definition) is 4. The maximum absolute atomic E-state index is 13.5. The molecule has 0 radical (unpaired) electrons.